The molecule has 0 bridgehead atoms. The van der Waals surface area contributed by atoms with Gasteiger partial charge in [0.15, 0.2) is 11.6 Å². The first kappa shape index (κ1) is 13.1. The van der Waals surface area contributed by atoms with Gasteiger partial charge in [-0.25, -0.2) is 8.78 Å². The summed E-state index contributed by atoms with van der Waals surface area (Å²) in [5.41, 5.74) is 0.438. The number of benzene rings is 1. The highest BCUT2D eigenvalue weighted by Crippen LogP contribution is 2.26. The Balaban J connectivity index is 3.03. The Kier molecular flexibility index (Phi) is 4.42. The molecule has 0 aliphatic carbocycles. The molecule has 1 aromatic carbocycles. The molecule has 1 rings (SSSR count). The summed E-state index contributed by atoms with van der Waals surface area (Å²) in [7, 11) is 1.85. The molecule has 2 atom stereocenters. The van der Waals surface area contributed by atoms with Crippen molar-refractivity contribution in [3.05, 3.63) is 35.4 Å². The standard InChI is InChI=1S/C13H19F2N/c1-8(2)13(16-4)9(3)10-6-5-7-11(14)12(10)15/h5-9,13,16H,1-4H3. The molecular weight excluding hydrogens is 208 g/mol. The van der Waals surface area contributed by atoms with E-state index >= 15 is 0 Å². The first-order valence-electron chi connectivity index (χ1n) is 5.60. The molecule has 0 saturated heterocycles. The molecule has 1 aromatic rings. The van der Waals surface area contributed by atoms with Gasteiger partial charge < -0.3 is 5.32 Å². The van der Waals surface area contributed by atoms with Crippen molar-refractivity contribution < 1.29 is 8.78 Å². The summed E-state index contributed by atoms with van der Waals surface area (Å²) in [6.07, 6.45) is 0. The minimum Gasteiger partial charge on any atom is -0.316 e. The number of hydrogen-bond acceptors (Lipinski definition) is 1. The van der Waals surface area contributed by atoms with Crippen LogP contribution in [0.3, 0.4) is 0 Å². The molecule has 0 spiro atoms. The Morgan fingerprint density at radius 1 is 1.12 bits per heavy atom. The van der Waals surface area contributed by atoms with Crippen molar-refractivity contribution in [1.29, 1.82) is 0 Å². The van der Waals surface area contributed by atoms with Crippen molar-refractivity contribution in [3.63, 3.8) is 0 Å². The molecule has 0 aliphatic heterocycles. The molecule has 1 N–H and O–H groups in total. The molecular formula is C13H19F2N. The van der Waals surface area contributed by atoms with Gasteiger partial charge in [0.1, 0.15) is 0 Å². The van der Waals surface area contributed by atoms with Crippen LogP contribution in [0.15, 0.2) is 18.2 Å². The Bertz CT molecular complexity index is 350. The molecule has 0 radical (unpaired) electrons. The lowest BCUT2D eigenvalue weighted by atomic mass is 9.86. The molecule has 3 heteroatoms. The number of likely N-dealkylation sites (N-methyl/N-ethyl adjacent to an activating group) is 1. The first-order valence-corrected chi connectivity index (χ1v) is 5.60. The fraction of sp³-hybridized carbons (Fsp3) is 0.538. The quantitative estimate of drug-likeness (QED) is 0.832. The van der Waals surface area contributed by atoms with Crippen molar-refractivity contribution in [2.75, 3.05) is 7.05 Å². The fourth-order valence-electron chi connectivity index (χ4n) is 2.23. The average molecular weight is 227 g/mol. The van der Waals surface area contributed by atoms with Gasteiger partial charge in [-0.1, -0.05) is 32.9 Å². The first-order chi connectivity index (χ1) is 7.49. The highest BCUT2D eigenvalue weighted by molar-refractivity contribution is 5.24. The molecule has 0 heterocycles. The predicted molar refractivity (Wildman–Crippen MR) is 62.5 cm³/mol. The van der Waals surface area contributed by atoms with Crippen LogP contribution in [0.4, 0.5) is 8.78 Å². The second-order valence-electron chi connectivity index (χ2n) is 4.49. The van der Waals surface area contributed by atoms with E-state index in [-0.39, 0.29) is 12.0 Å². The van der Waals surface area contributed by atoms with Crippen molar-refractivity contribution in [1.82, 2.24) is 5.32 Å². The number of rotatable bonds is 4. The second-order valence-corrected chi connectivity index (χ2v) is 4.49. The van der Waals surface area contributed by atoms with E-state index in [2.05, 4.69) is 19.2 Å². The third-order valence-electron chi connectivity index (χ3n) is 3.06. The number of hydrogen-bond donors (Lipinski definition) is 1. The molecule has 0 aliphatic rings. The topological polar surface area (TPSA) is 12.0 Å². The van der Waals surface area contributed by atoms with Gasteiger partial charge >= 0.3 is 0 Å². The molecule has 0 saturated carbocycles. The molecule has 2 unspecified atom stereocenters. The maximum absolute atomic E-state index is 13.6. The summed E-state index contributed by atoms with van der Waals surface area (Å²) in [5, 5.41) is 3.16. The average Bonchev–Trinajstić information content (AvgIpc) is 2.22. The zero-order valence-corrected chi connectivity index (χ0v) is 10.2. The lowest BCUT2D eigenvalue weighted by Crippen LogP contribution is -2.36. The maximum Gasteiger partial charge on any atom is 0.162 e. The molecule has 16 heavy (non-hydrogen) atoms. The minimum absolute atomic E-state index is 0.0549. The van der Waals surface area contributed by atoms with Gasteiger partial charge in [0.25, 0.3) is 0 Å². The third-order valence-corrected chi connectivity index (χ3v) is 3.06. The van der Waals surface area contributed by atoms with Crippen molar-refractivity contribution in [2.24, 2.45) is 5.92 Å². The molecule has 0 fully saturated rings. The fourth-order valence-corrected chi connectivity index (χ4v) is 2.23. The van der Waals surface area contributed by atoms with Crippen LogP contribution >= 0.6 is 0 Å². The van der Waals surface area contributed by atoms with E-state index in [1.54, 1.807) is 12.1 Å². The lowest BCUT2D eigenvalue weighted by Gasteiger charge is -2.27. The Morgan fingerprint density at radius 2 is 1.75 bits per heavy atom. The van der Waals surface area contributed by atoms with Gasteiger partial charge in [-0.2, -0.15) is 0 Å². The predicted octanol–water partition coefficient (Wildman–Crippen LogP) is 3.31. The van der Waals surface area contributed by atoms with Crippen LogP contribution in [-0.4, -0.2) is 13.1 Å². The SMILES string of the molecule is CNC(C(C)C)C(C)c1cccc(F)c1F. The lowest BCUT2D eigenvalue weighted by molar-refractivity contribution is 0.365. The van der Waals surface area contributed by atoms with Gasteiger partial charge in [0.05, 0.1) is 0 Å². The largest absolute Gasteiger partial charge is 0.316 e. The Labute approximate surface area is 95.9 Å². The summed E-state index contributed by atoms with van der Waals surface area (Å²) < 4.78 is 26.7. The summed E-state index contributed by atoms with van der Waals surface area (Å²) in [6.45, 7) is 6.04. The Morgan fingerprint density at radius 3 is 2.25 bits per heavy atom. The van der Waals surface area contributed by atoms with Crippen LogP contribution in [0.25, 0.3) is 0 Å². The number of nitrogens with one attached hydrogen (secondary N) is 1. The van der Waals surface area contributed by atoms with Crippen LogP contribution in [0.1, 0.15) is 32.3 Å². The highest BCUT2D eigenvalue weighted by atomic mass is 19.2. The van der Waals surface area contributed by atoms with E-state index in [0.29, 0.717) is 11.5 Å². The van der Waals surface area contributed by atoms with E-state index in [1.165, 1.54) is 0 Å². The van der Waals surface area contributed by atoms with Crippen LogP contribution in [0.2, 0.25) is 0 Å². The van der Waals surface area contributed by atoms with Crippen LogP contribution in [-0.2, 0) is 0 Å². The van der Waals surface area contributed by atoms with E-state index in [0.717, 1.165) is 6.07 Å². The number of halogens is 2. The highest BCUT2D eigenvalue weighted by Gasteiger charge is 2.23. The van der Waals surface area contributed by atoms with Crippen LogP contribution in [0.5, 0.6) is 0 Å². The minimum atomic E-state index is -0.775. The third kappa shape index (κ3) is 2.59. The Hall–Kier alpha value is -0.960. The normalized spacial score (nSPS) is 15.2. The zero-order chi connectivity index (χ0) is 12.3. The van der Waals surface area contributed by atoms with E-state index in [4.69, 9.17) is 0 Å². The van der Waals surface area contributed by atoms with Crippen molar-refractivity contribution in [3.8, 4) is 0 Å². The molecule has 1 nitrogen and oxygen atoms in total. The molecule has 0 amide bonds. The van der Waals surface area contributed by atoms with Gasteiger partial charge in [-0.3, -0.25) is 0 Å². The van der Waals surface area contributed by atoms with Crippen molar-refractivity contribution >= 4 is 0 Å². The smallest absolute Gasteiger partial charge is 0.162 e. The zero-order valence-electron chi connectivity index (χ0n) is 10.2. The molecule has 90 valence electrons. The van der Waals surface area contributed by atoms with Crippen LogP contribution in [0, 0.1) is 17.6 Å². The second kappa shape index (κ2) is 5.39. The summed E-state index contributed by atoms with van der Waals surface area (Å²) in [4.78, 5) is 0. The van der Waals surface area contributed by atoms with Crippen molar-refractivity contribution in [2.45, 2.75) is 32.7 Å². The van der Waals surface area contributed by atoms with E-state index in [1.807, 2.05) is 14.0 Å². The van der Waals surface area contributed by atoms with Gasteiger partial charge in [0.2, 0.25) is 0 Å². The van der Waals surface area contributed by atoms with E-state index in [9.17, 15) is 8.78 Å². The summed E-state index contributed by atoms with van der Waals surface area (Å²) in [6, 6.07) is 4.49. The maximum atomic E-state index is 13.6. The van der Waals surface area contributed by atoms with Gasteiger partial charge in [0, 0.05) is 6.04 Å². The summed E-state index contributed by atoms with van der Waals surface area (Å²) in [5.74, 6) is -1.19. The van der Waals surface area contributed by atoms with Gasteiger partial charge in [-0.15, -0.1) is 0 Å². The molecule has 0 aromatic heterocycles. The summed E-state index contributed by atoms with van der Waals surface area (Å²) >= 11 is 0. The van der Waals surface area contributed by atoms with E-state index < -0.39 is 11.6 Å². The monoisotopic (exact) mass is 227 g/mol. The van der Waals surface area contributed by atoms with Gasteiger partial charge in [-0.05, 0) is 30.5 Å². The van der Waals surface area contributed by atoms with Crippen LogP contribution < -0.4 is 5.32 Å².